The van der Waals surface area contributed by atoms with Crippen molar-refractivity contribution in [2.75, 3.05) is 0 Å². The molecule has 0 N–H and O–H groups in total. The molecule has 1 nitrogen and oxygen atoms in total. The summed E-state index contributed by atoms with van der Waals surface area (Å²) < 4.78 is 0. The van der Waals surface area contributed by atoms with Crippen LogP contribution in [0.15, 0.2) is 30.3 Å². The summed E-state index contributed by atoms with van der Waals surface area (Å²) in [6, 6.07) is 9.88. The maximum atomic E-state index is 10.6. The molecule has 1 rings (SSSR count). The number of rotatable bonds is 4. The number of hydrogen-bond donors (Lipinski definition) is 0. The third kappa shape index (κ3) is 3.79. The monoisotopic (exact) mass is 216 g/mol. The molecule has 0 aromatic heterocycles. The molecule has 0 radical (unpaired) electrons. The molecule has 0 amide bonds. The Morgan fingerprint density at radius 3 is 2.46 bits per heavy atom. The molecule has 1 atom stereocenters. The summed E-state index contributed by atoms with van der Waals surface area (Å²) in [5.74, 6) is 0. The van der Waals surface area contributed by atoms with E-state index in [2.05, 4.69) is 0 Å². The third-order valence-corrected chi connectivity index (χ3v) is 2.57. The number of benzene rings is 1. The molecule has 0 saturated carbocycles. The van der Waals surface area contributed by atoms with Gasteiger partial charge in [0.2, 0.25) is 5.24 Å². The first-order valence-corrected chi connectivity index (χ1v) is 4.89. The van der Waals surface area contributed by atoms with Crippen molar-refractivity contribution in [1.29, 1.82) is 0 Å². The van der Waals surface area contributed by atoms with E-state index in [0.29, 0.717) is 6.42 Å². The van der Waals surface area contributed by atoms with Gasteiger partial charge in [0.15, 0.2) is 0 Å². The summed E-state index contributed by atoms with van der Waals surface area (Å²) in [4.78, 5) is 10.6. The van der Waals surface area contributed by atoms with E-state index in [1.165, 1.54) is 5.56 Å². The lowest BCUT2D eigenvalue weighted by Crippen LogP contribution is -2.08. The van der Waals surface area contributed by atoms with Crippen LogP contribution in [-0.4, -0.2) is 10.6 Å². The maximum absolute atomic E-state index is 10.6. The van der Waals surface area contributed by atoms with Gasteiger partial charge in [-0.2, -0.15) is 0 Å². The molecule has 1 unspecified atom stereocenters. The van der Waals surface area contributed by atoms with Gasteiger partial charge >= 0.3 is 0 Å². The summed E-state index contributed by atoms with van der Waals surface area (Å²) in [5, 5.41) is -1.04. The highest BCUT2D eigenvalue weighted by Crippen LogP contribution is 2.11. The molecule has 1 aromatic rings. The van der Waals surface area contributed by atoms with E-state index in [1.54, 1.807) is 0 Å². The Bertz CT molecular complexity index is 272. The van der Waals surface area contributed by atoms with E-state index in [9.17, 15) is 4.79 Å². The lowest BCUT2D eigenvalue weighted by molar-refractivity contribution is -0.111. The van der Waals surface area contributed by atoms with Crippen molar-refractivity contribution in [1.82, 2.24) is 0 Å². The zero-order valence-electron chi connectivity index (χ0n) is 7.04. The topological polar surface area (TPSA) is 17.1 Å². The summed E-state index contributed by atoms with van der Waals surface area (Å²) >= 11 is 10.9. The Hall–Kier alpha value is -0.530. The third-order valence-electron chi connectivity index (χ3n) is 1.78. The molecule has 0 heterocycles. The Kier molecular flexibility index (Phi) is 4.26. The fraction of sp³-hybridized carbons (Fsp3) is 0.300. The second-order valence-corrected chi connectivity index (χ2v) is 3.70. The SMILES string of the molecule is O=C(Cl)C(Cl)CCc1ccccc1. The standard InChI is InChI=1S/C10H10Cl2O/c11-9(10(12)13)7-6-8-4-2-1-3-5-8/h1-5,9H,6-7H2. The molecular formula is C10H10Cl2O. The zero-order chi connectivity index (χ0) is 9.68. The first-order chi connectivity index (χ1) is 6.20. The van der Waals surface area contributed by atoms with Crippen LogP contribution in [-0.2, 0) is 11.2 Å². The van der Waals surface area contributed by atoms with Gasteiger partial charge in [0.05, 0.1) is 0 Å². The van der Waals surface area contributed by atoms with E-state index in [4.69, 9.17) is 23.2 Å². The number of halogens is 2. The average molecular weight is 217 g/mol. The van der Waals surface area contributed by atoms with Crippen LogP contribution >= 0.6 is 23.2 Å². The van der Waals surface area contributed by atoms with Crippen molar-refractivity contribution in [3.8, 4) is 0 Å². The second kappa shape index (κ2) is 5.25. The number of hydrogen-bond acceptors (Lipinski definition) is 1. The quantitative estimate of drug-likeness (QED) is 0.559. The van der Waals surface area contributed by atoms with Gasteiger partial charge < -0.3 is 0 Å². The first-order valence-electron chi connectivity index (χ1n) is 4.07. The molecule has 0 fully saturated rings. The molecular weight excluding hydrogens is 207 g/mol. The highest BCUT2D eigenvalue weighted by molar-refractivity contribution is 6.69. The van der Waals surface area contributed by atoms with Crippen LogP contribution in [0.5, 0.6) is 0 Å². The molecule has 1 aromatic carbocycles. The summed E-state index contributed by atoms with van der Waals surface area (Å²) in [6.07, 6.45) is 1.38. The zero-order valence-corrected chi connectivity index (χ0v) is 8.55. The van der Waals surface area contributed by atoms with E-state index in [0.717, 1.165) is 6.42 Å². The van der Waals surface area contributed by atoms with Gasteiger partial charge in [-0.15, -0.1) is 11.6 Å². The summed E-state index contributed by atoms with van der Waals surface area (Å²) in [5.41, 5.74) is 1.17. The Morgan fingerprint density at radius 1 is 1.31 bits per heavy atom. The lowest BCUT2D eigenvalue weighted by Gasteiger charge is -2.03. The van der Waals surface area contributed by atoms with Crippen LogP contribution in [0.4, 0.5) is 0 Å². The molecule has 0 aliphatic carbocycles. The van der Waals surface area contributed by atoms with Gasteiger partial charge in [0.25, 0.3) is 0 Å². The Morgan fingerprint density at radius 2 is 1.92 bits per heavy atom. The number of carbonyl (C=O) groups is 1. The van der Waals surface area contributed by atoms with Crippen LogP contribution in [0.2, 0.25) is 0 Å². The molecule has 13 heavy (non-hydrogen) atoms. The highest BCUT2D eigenvalue weighted by Gasteiger charge is 2.11. The molecule has 0 aliphatic rings. The molecule has 0 bridgehead atoms. The average Bonchev–Trinajstić information content (AvgIpc) is 2.15. The summed E-state index contributed by atoms with van der Waals surface area (Å²) in [6.45, 7) is 0. The van der Waals surface area contributed by atoms with Crippen molar-refractivity contribution in [2.24, 2.45) is 0 Å². The normalized spacial score (nSPS) is 12.5. The molecule has 70 valence electrons. The van der Waals surface area contributed by atoms with Crippen molar-refractivity contribution in [3.63, 3.8) is 0 Å². The minimum atomic E-state index is -0.568. The van der Waals surface area contributed by atoms with E-state index in [1.807, 2.05) is 30.3 Å². The maximum Gasteiger partial charge on any atom is 0.239 e. The minimum absolute atomic E-state index is 0.474. The van der Waals surface area contributed by atoms with Gasteiger partial charge in [-0.3, -0.25) is 4.79 Å². The fourth-order valence-corrected chi connectivity index (χ4v) is 1.27. The number of alkyl halides is 1. The van der Waals surface area contributed by atoms with Gasteiger partial charge in [-0.05, 0) is 30.0 Å². The largest absolute Gasteiger partial charge is 0.280 e. The number of aryl methyl sites for hydroxylation is 1. The van der Waals surface area contributed by atoms with Crippen molar-refractivity contribution >= 4 is 28.4 Å². The first kappa shape index (κ1) is 10.6. The lowest BCUT2D eigenvalue weighted by atomic mass is 10.1. The van der Waals surface area contributed by atoms with Crippen molar-refractivity contribution in [2.45, 2.75) is 18.2 Å². The predicted octanol–water partition coefficient (Wildman–Crippen LogP) is 2.99. The van der Waals surface area contributed by atoms with E-state index >= 15 is 0 Å². The van der Waals surface area contributed by atoms with Crippen molar-refractivity contribution in [3.05, 3.63) is 35.9 Å². The van der Waals surface area contributed by atoms with Gasteiger partial charge in [-0.1, -0.05) is 30.3 Å². The van der Waals surface area contributed by atoms with Crippen LogP contribution in [0.1, 0.15) is 12.0 Å². The van der Waals surface area contributed by atoms with Crippen LogP contribution in [0.25, 0.3) is 0 Å². The van der Waals surface area contributed by atoms with Crippen LogP contribution in [0, 0.1) is 0 Å². The van der Waals surface area contributed by atoms with Gasteiger partial charge in [-0.25, -0.2) is 0 Å². The summed E-state index contributed by atoms with van der Waals surface area (Å²) in [7, 11) is 0. The van der Waals surface area contributed by atoms with Crippen molar-refractivity contribution < 1.29 is 4.79 Å². The molecule has 0 aliphatic heterocycles. The molecule has 0 spiro atoms. The van der Waals surface area contributed by atoms with Crippen LogP contribution < -0.4 is 0 Å². The minimum Gasteiger partial charge on any atom is -0.280 e. The molecule has 3 heteroatoms. The Labute approximate surface area is 87.7 Å². The second-order valence-electron chi connectivity index (χ2n) is 2.80. The highest BCUT2D eigenvalue weighted by atomic mass is 35.5. The van der Waals surface area contributed by atoms with E-state index in [-0.39, 0.29) is 0 Å². The number of carbonyl (C=O) groups excluding carboxylic acids is 1. The van der Waals surface area contributed by atoms with Gasteiger partial charge in [0, 0.05) is 0 Å². The van der Waals surface area contributed by atoms with Gasteiger partial charge in [0.1, 0.15) is 5.38 Å². The smallest absolute Gasteiger partial charge is 0.239 e. The van der Waals surface area contributed by atoms with E-state index < -0.39 is 10.6 Å². The molecule has 0 saturated heterocycles. The van der Waals surface area contributed by atoms with Crippen LogP contribution in [0.3, 0.4) is 0 Å². The fourth-order valence-electron chi connectivity index (χ4n) is 1.05. The predicted molar refractivity (Wildman–Crippen MR) is 55.3 cm³/mol. The Balaban J connectivity index is 2.39.